The summed E-state index contributed by atoms with van der Waals surface area (Å²) in [6.07, 6.45) is 1.91. The van der Waals surface area contributed by atoms with E-state index in [2.05, 4.69) is 68.5 Å². The van der Waals surface area contributed by atoms with E-state index in [0.29, 0.717) is 16.7 Å². The first-order valence-corrected chi connectivity index (χ1v) is 16.9. The van der Waals surface area contributed by atoms with Gasteiger partial charge in [-0.3, -0.25) is 9.36 Å². The number of carbonyl (C=O) groups is 3. The number of fused-ring (bicyclic) bond motifs is 6. The van der Waals surface area contributed by atoms with Crippen molar-refractivity contribution >= 4 is 39.7 Å². The minimum absolute atomic E-state index is 0.0975. The summed E-state index contributed by atoms with van der Waals surface area (Å²) in [6.45, 7) is 4.58. The maximum absolute atomic E-state index is 13.2. The molecule has 2 aliphatic heterocycles. The van der Waals surface area contributed by atoms with Gasteiger partial charge in [0.05, 0.1) is 16.6 Å². The number of aromatic nitrogens is 2. The zero-order valence-electron chi connectivity index (χ0n) is 28.7. The lowest BCUT2D eigenvalue weighted by Gasteiger charge is -2.24. The molecular formula is C40H40N6O5. The summed E-state index contributed by atoms with van der Waals surface area (Å²) in [4.78, 5) is 49.3. The Morgan fingerprint density at radius 3 is 1.78 bits per heavy atom. The van der Waals surface area contributed by atoms with Gasteiger partial charge in [-0.1, -0.05) is 48.5 Å². The number of benzene rings is 4. The number of nitrogens with zero attached hydrogens (tertiary/aromatic N) is 4. The molecule has 0 spiro atoms. The van der Waals surface area contributed by atoms with Crippen LogP contribution in [-0.4, -0.2) is 64.0 Å². The van der Waals surface area contributed by atoms with Gasteiger partial charge in [0, 0.05) is 72.4 Å². The van der Waals surface area contributed by atoms with Gasteiger partial charge in [0.25, 0.3) is 5.91 Å². The second kappa shape index (κ2) is 14.3. The minimum atomic E-state index is -0.629. The fourth-order valence-corrected chi connectivity index (χ4v) is 7.33. The first-order valence-electron chi connectivity index (χ1n) is 16.9. The van der Waals surface area contributed by atoms with E-state index in [1.54, 1.807) is 36.4 Å². The van der Waals surface area contributed by atoms with Crippen LogP contribution >= 0.6 is 0 Å². The Hall–Kier alpha value is -5.59. The molecule has 4 N–H and O–H groups in total. The molecule has 2 aliphatic rings. The first-order chi connectivity index (χ1) is 24.8. The van der Waals surface area contributed by atoms with Crippen LogP contribution in [0, 0.1) is 0 Å². The van der Waals surface area contributed by atoms with Gasteiger partial charge in [-0.05, 0) is 85.7 Å². The molecule has 260 valence electrons. The Bertz CT molecular complexity index is 2250. The van der Waals surface area contributed by atoms with Gasteiger partial charge in [0.1, 0.15) is 0 Å². The molecule has 2 aromatic heterocycles. The van der Waals surface area contributed by atoms with E-state index in [1.807, 2.05) is 34.9 Å². The number of likely N-dealkylation sites (N-methyl/N-ethyl adjacent to an activating group) is 2. The van der Waals surface area contributed by atoms with Crippen molar-refractivity contribution in [2.45, 2.75) is 32.5 Å². The second-order valence-corrected chi connectivity index (χ2v) is 13.2. The lowest BCUT2D eigenvalue weighted by molar-refractivity contribution is 0.0495. The zero-order valence-corrected chi connectivity index (χ0v) is 28.7. The highest BCUT2D eigenvalue weighted by atomic mass is 16.7. The molecular weight excluding hydrogens is 644 g/mol. The van der Waals surface area contributed by atoms with Gasteiger partial charge in [0.15, 0.2) is 0 Å². The molecule has 0 fully saturated rings. The van der Waals surface area contributed by atoms with Crippen LogP contribution in [0.5, 0.6) is 0 Å². The molecule has 0 unspecified atom stereocenters. The van der Waals surface area contributed by atoms with Crippen molar-refractivity contribution in [1.29, 1.82) is 0 Å². The highest BCUT2D eigenvalue weighted by Gasteiger charge is 2.26. The molecule has 0 atom stereocenters. The van der Waals surface area contributed by atoms with Crippen molar-refractivity contribution in [3.8, 4) is 0 Å². The lowest BCUT2D eigenvalue weighted by Crippen LogP contribution is -2.28. The van der Waals surface area contributed by atoms with Crippen molar-refractivity contribution in [2.24, 2.45) is 11.8 Å². The van der Waals surface area contributed by atoms with Crippen molar-refractivity contribution in [3.05, 3.63) is 142 Å². The Labute approximate surface area is 295 Å². The highest BCUT2D eigenvalue weighted by Crippen LogP contribution is 2.32. The van der Waals surface area contributed by atoms with Crippen LogP contribution < -0.4 is 11.8 Å². The predicted molar refractivity (Wildman–Crippen MR) is 195 cm³/mol. The van der Waals surface area contributed by atoms with Crippen LogP contribution in [0.4, 0.5) is 0 Å². The molecule has 0 aliphatic carbocycles. The minimum Gasteiger partial charge on any atom is -0.370 e. The van der Waals surface area contributed by atoms with Gasteiger partial charge >= 0.3 is 11.9 Å². The zero-order chi connectivity index (χ0) is 35.6. The van der Waals surface area contributed by atoms with Gasteiger partial charge in [-0.15, -0.1) is 0 Å². The average Bonchev–Trinajstić information content (AvgIpc) is 3.66. The van der Waals surface area contributed by atoms with Crippen LogP contribution in [0.15, 0.2) is 97.1 Å². The van der Waals surface area contributed by atoms with Crippen molar-refractivity contribution in [1.82, 2.24) is 18.9 Å². The van der Waals surface area contributed by atoms with E-state index in [0.717, 1.165) is 67.7 Å². The third-order valence-corrected chi connectivity index (χ3v) is 9.92. The molecule has 11 nitrogen and oxygen atoms in total. The third-order valence-electron chi connectivity index (χ3n) is 9.92. The number of rotatable bonds is 5. The van der Waals surface area contributed by atoms with Crippen LogP contribution in [0.3, 0.4) is 0 Å². The SMILES string of the molecule is CN1CCc2c(c3ccccc3n2C(=O)c2ccc(C(=O)ON)cc2)C1.CN1CCc2c(n(Cc3ccc(C(=O)ON)cc3)c3ccccc23)C1. The summed E-state index contributed by atoms with van der Waals surface area (Å²) in [5.74, 6) is 8.61. The van der Waals surface area contributed by atoms with E-state index in [-0.39, 0.29) is 5.91 Å². The number of carbonyl (C=O) groups excluding carboxylic acids is 3. The van der Waals surface area contributed by atoms with E-state index in [4.69, 9.17) is 11.8 Å². The monoisotopic (exact) mass is 684 g/mol. The molecule has 6 aromatic rings. The fourth-order valence-electron chi connectivity index (χ4n) is 7.33. The molecule has 4 aromatic carbocycles. The average molecular weight is 685 g/mol. The van der Waals surface area contributed by atoms with Crippen LogP contribution in [0.1, 0.15) is 59.2 Å². The Kier molecular flexibility index (Phi) is 9.52. The van der Waals surface area contributed by atoms with E-state index >= 15 is 0 Å². The summed E-state index contributed by atoms with van der Waals surface area (Å²) in [5.41, 5.74) is 9.77. The molecule has 11 heteroatoms. The number of hydrogen-bond acceptors (Lipinski definition) is 9. The molecule has 4 heterocycles. The standard InChI is InChI=1S/C20H19N3O3.C20H21N3O2/c1-22-11-10-18-16(12-22)15-4-2-3-5-17(15)23(18)19(24)13-6-8-14(9-7-13)20(25)26-21;1-22-11-10-17-16-4-2-3-5-18(16)23(19(17)13-22)12-14-6-8-15(9-7-14)20(24)25-21/h2-9H,10-12,21H2,1H3;2-9H,10-13,21H2,1H3. The largest absolute Gasteiger partial charge is 0.370 e. The van der Waals surface area contributed by atoms with Crippen LogP contribution in [-0.2, 0) is 42.2 Å². The Morgan fingerprint density at radius 2 is 1.14 bits per heavy atom. The summed E-state index contributed by atoms with van der Waals surface area (Å²) in [6, 6.07) is 30.4. The number of nitrogens with two attached hydrogens (primary N) is 2. The van der Waals surface area contributed by atoms with Crippen molar-refractivity contribution < 1.29 is 24.1 Å². The van der Waals surface area contributed by atoms with Crippen molar-refractivity contribution in [2.75, 3.05) is 27.2 Å². The maximum atomic E-state index is 13.2. The van der Waals surface area contributed by atoms with Gasteiger partial charge < -0.3 is 24.0 Å². The Balaban J connectivity index is 0.000000159. The Morgan fingerprint density at radius 1 is 0.608 bits per heavy atom. The van der Waals surface area contributed by atoms with E-state index in [9.17, 15) is 14.4 Å². The summed E-state index contributed by atoms with van der Waals surface area (Å²) < 4.78 is 4.21. The molecule has 0 saturated heterocycles. The third kappa shape index (κ3) is 6.55. The van der Waals surface area contributed by atoms with Gasteiger partial charge in [0.2, 0.25) is 0 Å². The molecule has 8 rings (SSSR count). The normalized spacial score (nSPS) is 14.4. The van der Waals surface area contributed by atoms with E-state index < -0.39 is 11.9 Å². The molecule has 0 bridgehead atoms. The van der Waals surface area contributed by atoms with Crippen LogP contribution in [0.25, 0.3) is 21.8 Å². The number of hydrogen-bond donors (Lipinski definition) is 2. The number of para-hydroxylation sites is 2. The summed E-state index contributed by atoms with van der Waals surface area (Å²) in [7, 11) is 4.25. The summed E-state index contributed by atoms with van der Waals surface area (Å²) in [5, 5.41) is 2.47. The fraction of sp³-hybridized carbons (Fsp3) is 0.225. The molecule has 51 heavy (non-hydrogen) atoms. The van der Waals surface area contributed by atoms with Crippen LogP contribution in [0.2, 0.25) is 0 Å². The quantitative estimate of drug-likeness (QED) is 0.239. The van der Waals surface area contributed by atoms with Gasteiger partial charge in [-0.25, -0.2) is 9.59 Å². The topological polar surface area (TPSA) is 138 Å². The predicted octanol–water partition coefficient (Wildman–Crippen LogP) is 5.06. The first kappa shape index (κ1) is 33.9. The lowest BCUT2D eigenvalue weighted by atomic mass is 10.0. The molecule has 0 radical (unpaired) electrons. The smallest absolute Gasteiger partial charge is 0.356 e. The summed E-state index contributed by atoms with van der Waals surface area (Å²) >= 11 is 0. The second-order valence-electron chi connectivity index (χ2n) is 13.2. The maximum Gasteiger partial charge on any atom is 0.356 e. The highest BCUT2D eigenvalue weighted by molar-refractivity contribution is 6.04. The van der Waals surface area contributed by atoms with Crippen molar-refractivity contribution in [3.63, 3.8) is 0 Å². The van der Waals surface area contributed by atoms with Gasteiger partial charge in [-0.2, -0.15) is 11.8 Å². The molecule has 0 saturated carbocycles. The van der Waals surface area contributed by atoms with E-state index in [1.165, 1.54) is 27.7 Å². The molecule has 0 amide bonds.